The number of aromatic nitrogens is 3. The van der Waals surface area contributed by atoms with Crippen molar-refractivity contribution in [3.8, 4) is 17.1 Å². The van der Waals surface area contributed by atoms with Gasteiger partial charge in [0.15, 0.2) is 16.8 Å². The standard InChI is InChI=1S/C20H19N3O2S/c1-3-11-23-19(16-6-4-5-14(2)12-16)21-22-20(23)26-13-18(25)15-7-9-17(24)10-8-15/h3-10,12,24H,1,11,13H2,2H3. The maximum atomic E-state index is 12.3. The molecule has 0 radical (unpaired) electrons. The second-order valence-corrected chi connectivity index (χ2v) is 6.78. The summed E-state index contributed by atoms with van der Waals surface area (Å²) < 4.78 is 1.95. The Morgan fingerprint density at radius 1 is 1.23 bits per heavy atom. The molecule has 0 aliphatic rings. The molecule has 3 rings (SSSR count). The Labute approximate surface area is 156 Å². The fraction of sp³-hybridized carbons (Fsp3) is 0.150. The molecule has 1 heterocycles. The van der Waals surface area contributed by atoms with Gasteiger partial charge in [-0.3, -0.25) is 9.36 Å². The highest BCUT2D eigenvalue weighted by atomic mass is 32.2. The van der Waals surface area contributed by atoms with Crippen LogP contribution in [-0.4, -0.2) is 31.4 Å². The highest BCUT2D eigenvalue weighted by molar-refractivity contribution is 7.99. The van der Waals surface area contributed by atoms with Crippen LogP contribution in [0.2, 0.25) is 0 Å². The molecule has 0 bridgehead atoms. The Morgan fingerprint density at radius 3 is 2.69 bits per heavy atom. The average Bonchev–Trinajstić information content (AvgIpc) is 3.03. The lowest BCUT2D eigenvalue weighted by Crippen LogP contribution is -2.05. The van der Waals surface area contributed by atoms with Gasteiger partial charge < -0.3 is 5.11 Å². The normalized spacial score (nSPS) is 10.7. The number of hydrogen-bond donors (Lipinski definition) is 1. The molecular formula is C20H19N3O2S. The monoisotopic (exact) mass is 365 g/mol. The highest BCUT2D eigenvalue weighted by Crippen LogP contribution is 2.25. The lowest BCUT2D eigenvalue weighted by atomic mass is 10.1. The Balaban J connectivity index is 1.80. The van der Waals surface area contributed by atoms with Crippen LogP contribution in [0.15, 0.2) is 66.3 Å². The van der Waals surface area contributed by atoms with E-state index in [1.165, 1.54) is 23.9 Å². The first kappa shape index (κ1) is 17.9. The molecule has 0 spiro atoms. The van der Waals surface area contributed by atoms with Crippen molar-refractivity contribution in [1.29, 1.82) is 0 Å². The van der Waals surface area contributed by atoms with Gasteiger partial charge in [0.1, 0.15) is 5.75 Å². The Bertz CT molecular complexity index is 932. The first-order chi connectivity index (χ1) is 12.6. The van der Waals surface area contributed by atoms with Crippen molar-refractivity contribution < 1.29 is 9.90 Å². The lowest BCUT2D eigenvalue weighted by molar-refractivity contribution is 0.102. The van der Waals surface area contributed by atoms with Crippen LogP contribution in [0.25, 0.3) is 11.4 Å². The molecule has 0 fully saturated rings. The number of hydrogen-bond acceptors (Lipinski definition) is 5. The third-order valence-corrected chi connectivity index (χ3v) is 4.79. The van der Waals surface area contributed by atoms with Gasteiger partial charge in [0.2, 0.25) is 0 Å². The van der Waals surface area contributed by atoms with Crippen molar-refractivity contribution in [2.45, 2.75) is 18.6 Å². The van der Waals surface area contributed by atoms with Crippen molar-refractivity contribution in [3.05, 3.63) is 72.3 Å². The molecular weight excluding hydrogens is 346 g/mol. The van der Waals surface area contributed by atoms with E-state index in [4.69, 9.17) is 0 Å². The average molecular weight is 365 g/mol. The van der Waals surface area contributed by atoms with E-state index in [0.717, 1.165) is 17.0 Å². The molecule has 0 aliphatic carbocycles. The SMILES string of the molecule is C=CCn1c(SCC(=O)c2ccc(O)cc2)nnc1-c1cccc(C)c1. The molecule has 5 nitrogen and oxygen atoms in total. The molecule has 2 aromatic carbocycles. The zero-order valence-electron chi connectivity index (χ0n) is 14.4. The van der Waals surface area contributed by atoms with E-state index in [0.29, 0.717) is 17.3 Å². The lowest BCUT2D eigenvalue weighted by Gasteiger charge is -2.08. The van der Waals surface area contributed by atoms with Gasteiger partial charge in [0.25, 0.3) is 0 Å². The number of thioether (sulfide) groups is 1. The summed E-state index contributed by atoms with van der Waals surface area (Å²) in [5, 5.41) is 18.6. The Hall–Kier alpha value is -2.86. The maximum Gasteiger partial charge on any atom is 0.192 e. The minimum atomic E-state index is -0.0275. The predicted molar refractivity (Wildman–Crippen MR) is 104 cm³/mol. The van der Waals surface area contributed by atoms with E-state index in [-0.39, 0.29) is 17.3 Å². The third-order valence-electron chi connectivity index (χ3n) is 3.83. The van der Waals surface area contributed by atoms with Gasteiger partial charge in [0.05, 0.1) is 5.75 Å². The van der Waals surface area contributed by atoms with Crippen LogP contribution in [0.4, 0.5) is 0 Å². The number of carbonyl (C=O) groups excluding carboxylic acids is 1. The molecule has 0 atom stereocenters. The molecule has 1 aromatic heterocycles. The van der Waals surface area contributed by atoms with Gasteiger partial charge in [-0.05, 0) is 37.3 Å². The number of aryl methyl sites for hydroxylation is 1. The number of aromatic hydroxyl groups is 1. The Morgan fingerprint density at radius 2 is 2.00 bits per heavy atom. The van der Waals surface area contributed by atoms with Crippen LogP contribution in [0.3, 0.4) is 0 Å². The molecule has 0 unspecified atom stereocenters. The zero-order chi connectivity index (χ0) is 18.5. The second-order valence-electron chi connectivity index (χ2n) is 5.83. The minimum absolute atomic E-state index is 0.0275. The molecule has 3 aromatic rings. The van der Waals surface area contributed by atoms with Crippen molar-refractivity contribution in [2.75, 3.05) is 5.75 Å². The van der Waals surface area contributed by atoms with Gasteiger partial charge in [-0.15, -0.1) is 16.8 Å². The highest BCUT2D eigenvalue weighted by Gasteiger charge is 2.15. The summed E-state index contributed by atoms with van der Waals surface area (Å²) in [7, 11) is 0. The third kappa shape index (κ3) is 4.03. The van der Waals surface area contributed by atoms with Crippen LogP contribution >= 0.6 is 11.8 Å². The van der Waals surface area contributed by atoms with Gasteiger partial charge in [-0.2, -0.15) is 0 Å². The summed E-state index contributed by atoms with van der Waals surface area (Å²) in [5.74, 6) is 1.12. The quantitative estimate of drug-likeness (QED) is 0.387. The number of Topliss-reactive ketones (excluding diaryl/α,β-unsaturated/α-hetero) is 1. The van der Waals surface area contributed by atoms with Gasteiger partial charge in [-0.25, -0.2) is 0 Å². The first-order valence-corrected chi connectivity index (χ1v) is 9.13. The summed E-state index contributed by atoms with van der Waals surface area (Å²) in [6, 6.07) is 14.3. The van der Waals surface area contributed by atoms with Crippen molar-refractivity contribution in [3.63, 3.8) is 0 Å². The number of nitrogens with zero attached hydrogens (tertiary/aromatic N) is 3. The number of phenolic OH excluding ortho intramolecular Hbond substituents is 1. The van der Waals surface area contributed by atoms with Crippen LogP contribution in [0.5, 0.6) is 5.75 Å². The summed E-state index contributed by atoms with van der Waals surface area (Å²) in [6.07, 6.45) is 1.79. The fourth-order valence-corrected chi connectivity index (χ4v) is 3.39. The summed E-state index contributed by atoms with van der Waals surface area (Å²) >= 11 is 1.34. The molecule has 26 heavy (non-hydrogen) atoms. The molecule has 0 aliphatic heterocycles. The molecule has 0 amide bonds. The van der Waals surface area contributed by atoms with E-state index in [1.54, 1.807) is 18.2 Å². The number of carbonyl (C=O) groups is 1. The second kappa shape index (κ2) is 8.01. The van der Waals surface area contributed by atoms with E-state index < -0.39 is 0 Å². The number of rotatable bonds is 7. The Kier molecular flexibility index (Phi) is 5.53. The van der Waals surface area contributed by atoms with Crippen LogP contribution in [-0.2, 0) is 6.54 Å². The predicted octanol–water partition coefficient (Wildman–Crippen LogP) is 4.12. The van der Waals surface area contributed by atoms with Crippen LogP contribution in [0, 0.1) is 6.92 Å². The number of phenols is 1. The maximum absolute atomic E-state index is 12.3. The number of benzene rings is 2. The van der Waals surface area contributed by atoms with Crippen molar-refractivity contribution in [2.24, 2.45) is 0 Å². The van der Waals surface area contributed by atoms with E-state index in [2.05, 4.69) is 22.8 Å². The van der Waals surface area contributed by atoms with Gasteiger partial charge in [0, 0.05) is 17.7 Å². The van der Waals surface area contributed by atoms with E-state index in [9.17, 15) is 9.90 Å². The fourth-order valence-electron chi connectivity index (χ4n) is 2.55. The molecule has 1 N–H and O–H groups in total. The number of allylic oxidation sites excluding steroid dienone is 1. The zero-order valence-corrected chi connectivity index (χ0v) is 15.2. The van der Waals surface area contributed by atoms with E-state index in [1.807, 2.05) is 29.7 Å². The van der Waals surface area contributed by atoms with Crippen LogP contribution in [0.1, 0.15) is 15.9 Å². The largest absolute Gasteiger partial charge is 0.508 e. The van der Waals surface area contributed by atoms with Crippen molar-refractivity contribution in [1.82, 2.24) is 14.8 Å². The smallest absolute Gasteiger partial charge is 0.192 e. The molecule has 0 saturated carbocycles. The molecule has 6 heteroatoms. The van der Waals surface area contributed by atoms with Gasteiger partial charge >= 0.3 is 0 Å². The van der Waals surface area contributed by atoms with Crippen molar-refractivity contribution >= 4 is 17.5 Å². The van der Waals surface area contributed by atoms with Crippen LogP contribution < -0.4 is 0 Å². The minimum Gasteiger partial charge on any atom is -0.508 e. The summed E-state index contributed by atoms with van der Waals surface area (Å²) in [4.78, 5) is 12.3. The summed E-state index contributed by atoms with van der Waals surface area (Å²) in [5.41, 5.74) is 2.69. The van der Waals surface area contributed by atoms with Gasteiger partial charge in [-0.1, -0.05) is 41.6 Å². The summed E-state index contributed by atoms with van der Waals surface area (Å²) in [6.45, 7) is 6.40. The molecule has 0 saturated heterocycles. The first-order valence-electron chi connectivity index (χ1n) is 8.14. The number of ketones is 1. The topological polar surface area (TPSA) is 68.0 Å². The van der Waals surface area contributed by atoms with E-state index >= 15 is 0 Å². The molecule has 132 valence electrons.